The van der Waals surface area contributed by atoms with Gasteiger partial charge in [0.1, 0.15) is 0 Å². The molecule has 0 atom stereocenters. The fraction of sp³-hybridized carbons (Fsp3) is 0.273. The first kappa shape index (κ1) is 18.7. The van der Waals surface area contributed by atoms with E-state index in [9.17, 15) is 0 Å². The normalized spacial score (nSPS) is 13.7. The standard InChI is InChI=1S/C22H27N5/c1-3-8-18-17-19(9-10-20(18)23)22-21(4-2)25-12-11-24-13-16-27(22)26-14-6-5-7-15-26/h3-4,9-13,16-17H,1-2,5-8,14-15,23H2. The molecule has 1 saturated heterocycles. The van der Waals surface area contributed by atoms with E-state index in [1.54, 1.807) is 24.7 Å². The number of piperidine rings is 1. The van der Waals surface area contributed by atoms with Gasteiger partial charge in [0.2, 0.25) is 0 Å². The largest absolute Gasteiger partial charge is 0.398 e. The van der Waals surface area contributed by atoms with Crippen LogP contribution in [-0.4, -0.2) is 27.7 Å². The minimum atomic E-state index is 0.725. The van der Waals surface area contributed by atoms with Crippen molar-refractivity contribution in [2.24, 2.45) is 0 Å². The van der Waals surface area contributed by atoms with Crippen molar-refractivity contribution in [3.63, 3.8) is 0 Å². The molecule has 0 unspecified atom stereocenters. The van der Waals surface area contributed by atoms with E-state index in [0.29, 0.717) is 0 Å². The minimum Gasteiger partial charge on any atom is -0.398 e. The van der Waals surface area contributed by atoms with E-state index < -0.39 is 0 Å². The van der Waals surface area contributed by atoms with Gasteiger partial charge in [-0.2, -0.15) is 0 Å². The molecule has 1 aliphatic heterocycles. The molecule has 0 aliphatic carbocycles. The van der Waals surface area contributed by atoms with Crippen LogP contribution in [0.4, 0.5) is 5.69 Å². The van der Waals surface area contributed by atoms with Crippen LogP contribution in [0.3, 0.4) is 0 Å². The second-order valence-electron chi connectivity index (χ2n) is 6.58. The van der Waals surface area contributed by atoms with Crippen LogP contribution in [-0.2, 0) is 6.42 Å². The third-order valence-corrected chi connectivity index (χ3v) is 4.74. The molecule has 0 radical (unpaired) electrons. The van der Waals surface area contributed by atoms with E-state index in [0.717, 1.165) is 47.7 Å². The Hall–Kier alpha value is -3.08. The summed E-state index contributed by atoms with van der Waals surface area (Å²) in [5.74, 6) is 0. The van der Waals surface area contributed by atoms with Gasteiger partial charge in [0.25, 0.3) is 0 Å². The molecule has 27 heavy (non-hydrogen) atoms. The van der Waals surface area contributed by atoms with Gasteiger partial charge in [-0.05, 0) is 49.5 Å². The van der Waals surface area contributed by atoms with Crippen LogP contribution < -0.4 is 10.7 Å². The van der Waals surface area contributed by atoms with Crippen LogP contribution in [0.1, 0.15) is 30.5 Å². The van der Waals surface area contributed by atoms with E-state index >= 15 is 0 Å². The highest BCUT2D eigenvalue weighted by atomic mass is 15.5. The fourth-order valence-electron chi connectivity index (χ4n) is 3.40. The number of nitrogens with two attached hydrogens (primary N) is 1. The Kier molecular flexibility index (Phi) is 6.26. The molecular weight excluding hydrogens is 334 g/mol. The Morgan fingerprint density at radius 3 is 2.63 bits per heavy atom. The Balaban J connectivity index is 2.28. The molecule has 1 fully saturated rings. The Bertz CT molecular complexity index is 861. The van der Waals surface area contributed by atoms with Crippen LogP contribution in [0.5, 0.6) is 0 Å². The average Bonchev–Trinajstić information content (AvgIpc) is 2.80. The molecule has 1 aliphatic rings. The summed E-state index contributed by atoms with van der Waals surface area (Å²) in [7, 11) is 0. The van der Waals surface area contributed by atoms with Gasteiger partial charge in [0.05, 0.1) is 11.4 Å². The summed E-state index contributed by atoms with van der Waals surface area (Å²) in [5.41, 5.74) is 10.8. The van der Waals surface area contributed by atoms with Crippen LogP contribution in [0.15, 0.2) is 62.2 Å². The number of nitrogen functional groups attached to an aromatic ring is 1. The average molecular weight is 361 g/mol. The maximum Gasteiger partial charge on any atom is 0.0951 e. The summed E-state index contributed by atoms with van der Waals surface area (Å²) < 4.78 is 2.17. The van der Waals surface area contributed by atoms with Crippen molar-refractivity contribution in [2.45, 2.75) is 25.7 Å². The number of allylic oxidation sites excluding steroid dienone is 1. The molecule has 0 amide bonds. The highest BCUT2D eigenvalue weighted by molar-refractivity contribution is 5.72. The molecule has 0 bridgehead atoms. The first-order valence-corrected chi connectivity index (χ1v) is 9.37. The Morgan fingerprint density at radius 2 is 1.89 bits per heavy atom. The lowest BCUT2D eigenvalue weighted by molar-refractivity contribution is 0.480. The van der Waals surface area contributed by atoms with E-state index in [1.807, 2.05) is 24.4 Å². The second-order valence-corrected chi connectivity index (χ2v) is 6.58. The monoisotopic (exact) mass is 361 g/mol. The summed E-state index contributed by atoms with van der Waals surface area (Å²) in [6.07, 6.45) is 15.2. The zero-order valence-electron chi connectivity index (χ0n) is 15.7. The summed E-state index contributed by atoms with van der Waals surface area (Å²) in [5, 5.41) is 2.35. The van der Waals surface area contributed by atoms with E-state index in [-0.39, 0.29) is 0 Å². The molecular formula is C22H27N5. The molecule has 140 valence electrons. The maximum absolute atomic E-state index is 6.16. The molecule has 1 aromatic heterocycles. The maximum atomic E-state index is 6.16. The van der Waals surface area contributed by atoms with Crippen molar-refractivity contribution in [1.82, 2.24) is 14.6 Å². The first-order chi connectivity index (χ1) is 13.2. The van der Waals surface area contributed by atoms with Crippen molar-refractivity contribution in [2.75, 3.05) is 23.8 Å². The summed E-state index contributed by atoms with van der Waals surface area (Å²) >= 11 is 0. The molecule has 0 spiro atoms. The predicted octanol–water partition coefficient (Wildman–Crippen LogP) is 4.15. The molecule has 5 nitrogen and oxygen atoms in total. The van der Waals surface area contributed by atoms with Crippen molar-refractivity contribution in [1.29, 1.82) is 0 Å². The lowest BCUT2D eigenvalue weighted by Gasteiger charge is -2.32. The quantitative estimate of drug-likeness (QED) is 0.642. The number of aromatic nitrogens is 3. The molecule has 0 saturated carbocycles. The lowest BCUT2D eigenvalue weighted by atomic mass is 10.0. The van der Waals surface area contributed by atoms with Crippen molar-refractivity contribution >= 4 is 11.8 Å². The Labute approximate surface area is 161 Å². The van der Waals surface area contributed by atoms with Crippen molar-refractivity contribution < 1.29 is 0 Å². The van der Waals surface area contributed by atoms with E-state index in [1.165, 1.54) is 19.3 Å². The Morgan fingerprint density at radius 1 is 1.07 bits per heavy atom. The third-order valence-electron chi connectivity index (χ3n) is 4.74. The van der Waals surface area contributed by atoms with Gasteiger partial charge in [-0.3, -0.25) is 14.6 Å². The van der Waals surface area contributed by atoms with E-state index in [4.69, 9.17) is 5.73 Å². The summed E-state index contributed by atoms with van der Waals surface area (Å²) in [4.78, 5) is 8.87. The number of benzene rings is 1. The van der Waals surface area contributed by atoms with Gasteiger partial charge in [-0.1, -0.05) is 18.7 Å². The summed E-state index contributed by atoms with van der Waals surface area (Å²) in [6.45, 7) is 9.84. The van der Waals surface area contributed by atoms with Crippen molar-refractivity contribution in [3.05, 3.63) is 73.5 Å². The molecule has 2 aromatic rings. The van der Waals surface area contributed by atoms with Crippen molar-refractivity contribution in [3.8, 4) is 11.3 Å². The van der Waals surface area contributed by atoms with Gasteiger partial charge in [-0.25, -0.2) is 0 Å². The van der Waals surface area contributed by atoms with Crippen LogP contribution in [0.2, 0.25) is 0 Å². The number of hydrogen-bond donors (Lipinski definition) is 1. The van der Waals surface area contributed by atoms with Gasteiger partial charge >= 0.3 is 0 Å². The molecule has 5 heteroatoms. The zero-order chi connectivity index (χ0) is 19.1. The van der Waals surface area contributed by atoms with Gasteiger partial charge in [-0.15, -0.1) is 6.58 Å². The van der Waals surface area contributed by atoms with Crippen LogP contribution in [0.25, 0.3) is 17.3 Å². The number of rotatable bonds is 5. The molecule has 2 heterocycles. The highest BCUT2D eigenvalue weighted by Crippen LogP contribution is 2.27. The lowest BCUT2D eigenvalue weighted by Crippen LogP contribution is -2.39. The molecule has 2 N–H and O–H groups in total. The summed E-state index contributed by atoms with van der Waals surface area (Å²) in [6, 6.07) is 6.11. The minimum absolute atomic E-state index is 0.725. The van der Waals surface area contributed by atoms with Gasteiger partial charge in [0.15, 0.2) is 0 Å². The topological polar surface area (TPSA) is 60.0 Å². The highest BCUT2D eigenvalue weighted by Gasteiger charge is 2.16. The number of nitrogens with zero attached hydrogens (tertiary/aromatic N) is 4. The predicted molar refractivity (Wildman–Crippen MR) is 113 cm³/mol. The fourth-order valence-corrected chi connectivity index (χ4v) is 3.40. The van der Waals surface area contributed by atoms with Crippen LogP contribution >= 0.6 is 0 Å². The number of hydrogen-bond acceptors (Lipinski definition) is 4. The second kappa shape index (κ2) is 9.03. The third kappa shape index (κ3) is 4.37. The zero-order valence-corrected chi connectivity index (χ0v) is 15.7. The smallest absolute Gasteiger partial charge is 0.0951 e. The SMILES string of the molecule is C=CCc1cc(-c2c(C=C)nccnccn2N2CCCCC2)ccc1N. The molecule has 1 aromatic carbocycles. The first-order valence-electron chi connectivity index (χ1n) is 9.37. The molecule has 3 rings (SSSR count). The van der Waals surface area contributed by atoms with E-state index in [2.05, 4.69) is 38.9 Å². The number of anilines is 1. The van der Waals surface area contributed by atoms with Gasteiger partial charge in [0, 0.05) is 49.1 Å². The van der Waals surface area contributed by atoms with Crippen LogP contribution in [0, 0.1) is 0 Å². The van der Waals surface area contributed by atoms with Gasteiger partial charge < -0.3 is 10.7 Å².